The minimum absolute atomic E-state index is 0.566. The van der Waals surface area contributed by atoms with Crippen molar-refractivity contribution in [3.05, 3.63) is 46.1 Å². The molecule has 0 heterocycles. The lowest BCUT2D eigenvalue weighted by atomic mass is 10.0. The van der Waals surface area contributed by atoms with Gasteiger partial charge in [-0.05, 0) is 79.6 Å². The van der Waals surface area contributed by atoms with Crippen LogP contribution in [-0.4, -0.2) is 11.1 Å². The van der Waals surface area contributed by atoms with Crippen LogP contribution >= 0.6 is 0 Å². The average molecular weight is 333 g/mol. The summed E-state index contributed by atoms with van der Waals surface area (Å²) in [5.41, 5.74) is 5.82. The van der Waals surface area contributed by atoms with Gasteiger partial charge in [0, 0.05) is 5.57 Å². The van der Waals surface area contributed by atoms with Crippen molar-refractivity contribution in [1.29, 1.82) is 0 Å². The van der Waals surface area contributed by atoms with Crippen LogP contribution in [-0.2, 0) is 4.79 Å². The molecular formula is C22H36O2. The molecule has 0 saturated heterocycles. The Kier molecular flexibility index (Phi) is 12.0. The van der Waals surface area contributed by atoms with Crippen molar-refractivity contribution in [3.63, 3.8) is 0 Å². The van der Waals surface area contributed by atoms with Gasteiger partial charge in [0.05, 0.1) is 0 Å². The van der Waals surface area contributed by atoms with Gasteiger partial charge >= 0.3 is 5.97 Å². The largest absolute Gasteiger partial charge is 0.478 e. The molecule has 0 aliphatic carbocycles. The highest BCUT2D eigenvalue weighted by atomic mass is 16.4. The second-order valence-corrected chi connectivity index (χ2v) is 6.92. The molecule has 136 valence electrons. The van der Waals surface area contributed by atoms with E-state index in [0.29, 0.717) is 12.0 Å². The Bertz CT molecular complexity index is 512. The smallest absolute Gasteiger partial charge is 0.331 e. The molecule has 0 unspecified atom stereocenters. The third-order valence-electron chi connectivity index (χ3n) is 4.26. The van der Waals surface area contributed by atoms with Gasteiger partial charge in [0.1, 0.15) is 0 Å². The maximum Gasteiger partial charge on any atom is 0.331 e. The molecule has 0 amide bonds. The van der Waals surface area contributed by atoms with E-state index in [1.807, 2.05) is 13.8 Å². The summed E-state index contributed by atoms with van der Waals surface area (Å²) in [6.45, 7) is 12.5. The summed E-state index contributed by atoms with van der Waals surface area (Å²) in [7, 11) is 0. The molecular weight excluding hydrogens is 296 g/mol. The highest BCUT2D eigenvalue weighted by Crippen LogP contribution is 2.16. The van der Waals surface area contributed by atoms with Crippen LogP contribution in [0.4, 0.5) is 0 Å². The summed E-state index contributed by atoms with van der Waals surface area (Å²) >= 11 is 0. The minimum atomic E-state index is -0.774. The molecule has 0 atom stereocenters. The SMILES string of the molecule is CC/C(C(=O)O)=C(\C)CC/C=C(\C)CC/C=C(\C)CCC=C(C)C. The fourth-order valence-electron chi connectivity index (χ4n) is 2.66. The fraction of sp³-hybridized carbons (Fsp3) is 0.591. The van der Waals surface area contributed by atoms with Crippen molar-refractivity contribution in [3.8, 4) is 0 Å². The summed E-state index contributed by atoms with van der Waals surface area (Å²) in [6, 6.07) is 0. The molecule has 0 saturated carbocycles. The summed E-state index contributed by atoms with van der Waals surface area (Å²) in [4.78, 5) is 11.1. The van der Waals surface area contributed by atoms with Crippen molar-refractivity contribution < 1.29 is 9.90 Å². The van der Waals surface area contributed by atoms with E-state index in [1.165, 1.54) is 16.7 Å². The molecule has 0 aromatic carbocycles. The van der Waals surface area contributed by atoms with Gasteiger partial charge in [-0.2, -0.15) is 0 Å². The average Bonchev–Trinajstić information content (AvgIpc) is 2.47. The van der Waals surface area contributed by atoms with Crippen LogP contribution in [0, 0.1) is 0 Å². The van der Waals surface area contributed by atoms with Gasteiger partial charge in [-0.3, -0.25) is 0 Å². The van der Waals surface area contributed by atoms with Crippen LogP contribution in [0.1, 0.15) is 86.5 Å². The van der Waals surface area contributed by atoms with Crippen molar-refractivity contribution in [2.75, 3.05) is 0 Å². The minimum Gasteiger partial charge on any atom is -0.478 e. The Balaban J connectivity index is 4.24. The predicted octanol–water partition coefficient (Wildman–Crippen LogP) is 7.00. The lowest BCUT2D eigenvalue weighted by Crippen LogP contribution is -2.02. The summed E-state index contributed by atoms with van der Waals surface area (Å²) in [5.74, 6) is -0.774. The van der Waals surface area contributed by atoms with Gasteiger partial charge in [-0.1, -0.05) is 47.4 Å². The van der Waals surface area contributed by atoms with Gasteiger partial charge in [0.25, 0.3) is 0 Å². The van der Waals surface area contributed by atoms with E-state index in [0.717, 1.165) is 44.1 Å². The first-order chi connectivity index (χ1) is 11.3. The Hall–Kier alpha value is -1.57. The third kappa shape index (κ3) is 11.0. The maximum atomic E-state index is 11.1. The zero-order chi connectivity index (χ0) is 18.5. The second kappa shape index (κ2) is 12.8. The maximum absolute atomic E-state index is 11.1. The molecule has 0 aromatic heterocycles. The molecule has 2 nitrogen and oxygen atoms in total. The van der Waals surface area contributed by atoms with Crippen molar-refractivity contribution in [2.24, 2.45) is 0 Å². The second-order valence-electron chi connectivity index (χ2n) is 6.92. The van der Waals surface area contributed by atoms with Crippen LogP contribution in [0.2, 0.25) is 0 Å². The van der Waals surface area contributed by atoms with Crippen LogP contribution in [0.3, 0.4) is 0 Å². The van der Waals surface area contributed by atoms with Gasteiger partial charge in [0.15, 0.2) is 0 Å². The lowest BCUT2D eigenvalue weighted by Gasteiger charge is -2.05. The number of rotatable bonds is 11. The molecule has 24 heavy (non-hydrogen) atoms. The Morgan fingerprint density at radius 2 is 1.25 bits per heavy atom. The van der Waals surface area contributed by atoms with Crippen LogP contribution in [0.25, 0.3) is 0 Å². The normalized spacial score (nSPS) is 13.6. The number of carbonyl (C=O) groups is 1. The number of carboxylic acids is 1. The Labute approximate surface area is 149 Å². The van der Waals surface area contributed by atoms with Gasteiger partial charge in [0.2, 0.25) is 0 Å². The number of hydrogen-bond acceptors (Lipinski definition) is 1. The highest BCUT2D eigenvalue weighted by molar-refractivity contribution is 5.87. The first kappa shape index (κ1) is 22.4. The van der Waals surface area contributed by atoms with E-state index in [9.17, 15) is 4.79 Å². The molecule has 0 aliphatic rings. The van der Waals surface area contributed by atoms with Gasteiger partial charge in [-0.15, -0.1) is 0 Å². The molecule has 0 aromatic rings. The van der Waals surface area contributed by atoms with Crippen molar-refractivity contribution in [1.82, 2.24) is 0 Å². The number of hydrogen-bond donors (Lipinski definition) is 1. The first-order valence-corrected chi connectivity index (χ1v) is 9.14. The summed E-state index contributed by atoms with van der Waals surface area (Å²) in [5, 5.41) is 9.13. The monoisotopic (exact) mass is 332 g/mol. The van der Waals surface area contributed by atoms with Crippen LogP contribution in [0.15, 0.2) is 46.1 Å². The van der Waals surface area contributed by atoms with Crippen molar-refractivity contribution >= 4 is 5.97 Å². The fourth-order valence-corrected chi connectivity index (χ4v) is 2.66. The Morgan fingerprint density at radius 1 is 0.792 bits per heavy atom. The van der Waals surface area contributed by atoms with E-state index < -0.39 is 5.97 Å². The molecule has 0 rings (SSSR count). The third-order valence-corrected chi connectivity index (χ3v) is 4.26. The zero-order valence-electron chi connectivity index (χ0n) is 16.5. The van der Waals surface area contributed by atoms with E-state index in [1.54, 1.807) is 0 Å². The van der Waals surface area contributed by atoms with Gasteiger partial charge in [-0.25, -0.2) is 4.79 Å². The molecule has 0 bridgehead atoms. The zero-order valence-corrected chi connectivity index (χ0v) is 16.5. The van der Waals surface area contributed by atoms with Crippen molar-refractivity contribution in [2.45, 2.75) is 86.5 Å². The van der Waals surface area contributed by atoms with E-state index in [-0.39, 0.29) is 0 Å². The Morgan fingerprint density at radius 3 is 1.67 bits per heavy atom. The highest BCUT2D eigenvalue weighted by Gasteiger charge is 2.07. The lowest BCUT2D eigenvalue weighted by molar-refractivity contribution is -0.132. The number of carboxylic acid groups (broad SMARTS) is 1. The molecule has 2 heteroatoms. The van der Waals surface area contributed by atoms with Crippen LogP contribution < -0.4 is 0 Å². The summed E-state index contributed by atoms with van der Waals surface area (Å²) < 4.78 is 0. The van der Waals surface area contributed by atoms with Gasteiger partial charge < -0.3 is 5.11 Å². The molecule has 0 fully saturated rings. The molecule has 0 radical (unpaired) electrons. The van der Waals surface area contributed by atoms with Crippen LogP contribution in [0.5, 0.6) is 0 Å². The first-order valence-electron chi connectivity index (χ1n) is 9.14. The van der Waals surface area contributed by atoms with E-state index in [2.05, 4.69) is 45.9 Å². The predicted molar refractivity (Wildman–Crippen MR) is 105 cm³/mol. The quantitative estimate of drug-likeness (QED) is 0.327. The topological polar surface area (TPSA) is 37.3 Å². The van der Waals surface area contributed by atoms with E-state index in [4.69, 9.17) is 5.11 Å². The summed E-state index contributed by atoms with van der Waals surface area (Å²) in [6.07, 6.45) is 13.7. The van der Waals surface area contributed by atoms with E-state index >= 15 is 0 Å². The standard InChI is InChI=1S/C22H36O2/c1-7-21(22(23)24)20(6)16-10-15-19(5)14-9-13-18(4)12-8-11-17(2)3/h11,13,15H,7-10,12,14,16H2,1-6H3,(H,23,24)/b18-13+,19-15+,21-20-. The molecule has 0 aliphatic heterocycles. The number of allylic oxidation sites excluding steroid dienone is 7. The molecule has 0 spiro atoms. The number of aliphatic carboxylic acids is 1. The molecule has 1 N–H and O–H groups in total.